The van der Waals surface area contributed by atoms with E-state index in [1.807, 2.05) is 13.8 Å². The minimum absolute atomic E-state index is 0.585. The molecule has 68 valence electrons. The summed E-state index contributed by atoms with van der Waals surface area (Å²) in [5.74, 6) is 0.721. The summed E-state index contributed by atoms with van der Waals surface area (Å²) in [6.45, 7) is 3.88. The Bertz CT molecular complexity index is 447. The summed E-state index contributed by atoms with van der Waals surface area (Å²) in [6.07, 6.45) is 2.35. The molecule has 0 saturated carbocycles. The SMILES string of the molecule is CCc1nc(C)nc2occ(N)c12. The Morgan fingerprint density at radius 1 is 1.46 bits per heavy atom. The molecule has 0 radical (unpaired) electrons. The molecule has 13 heavy (non-hydrogen) atoms. The Morgan fingerprint density at radius 2 is 2.23 bits per heavy atom. The summed E-state index contributed by atoms with van der Waals surface area (Å²) in [4.78, 5) is 8.45. The molecule has 2 aromatic heterocycles. The van der Waals surface area contributed by atoms with Gasteiger partial charge in [0.25, 0.3) is 0 Å². The van der Waals surface area contributed by atoms with Crippen molar-refractivity contribution in [1.29, 1.82) is 0 Å². The van der Waals surface area contributed by atoms with E-state index in [1.54, 1.807) is 0 Å². The lowest BCUT2D eigenvalue weighted by Gasteiger charge is -1.99. The van der Waals surface area contributed by atoms with Crippen molar-refractivity contribution in [2.45, 2.75) is 20.3 Å². The van der Waals surface area contributed by atoms with Crippen LogP contribution in [0.4, 0.5) is 5.69 Å². The molecule has 0 saturated heterocycles. The van der Waals surface area contributed by atoms with Gasteiger partial charge in [-0.25, -0.2) is 4.98 Å². The van der Waals surface area contributed by atoms with Gasteiger partial charge in [-0.15, -0.1) is 0 Å². The summed E-state index contributed by atoms with van der Waals surface area (Å²) in [5, 5.41) is 0.855. The van der Waals surface area contributed by atoms with Crippen LogP contribution in [0.2, 0.25) is 0 Å². The van der Waals surface area contributed by atoms with Gasteiger partial charge in [0.1, 0.15) is 12.1 Å². The normalized spacial score (nSPS) is 10.9. The van der Waals surface area contributed by atoms with Gasteiger partial charge >= 0.3 is 0 Å². The van der Waals surface area contributed by atoms with Gasteiger partial charge in [-0.05, 0) is 13.3 Å². The third-order valence-electron chi connectivity index (χ3n) is 1.98. The second-order valence-corrected chi connectivity index (χ2v) is 2.94. The fourth-order valence-corrected chi connectivity index (χ4v) is 1.41. The van der Waals surface area contributed by atoms with Crippen LogP contribution in [0.1, 0.15) is 18.4 Å². The molecule has 4 nitrogen and oxygen atoms in total. The molecule has 0 aliphatic rings. The molecule has 2 aromatic rings. The first-order chi connectivity index (χ1) is 6.22. The largest absolute Gasteiger partial charge is 0.444 e. The van der Waals surface area contributed by atoms with Crippen LogP contribution in [0.3, 0.4) is 0 Å². The number of hydrogen-bond acceptors (Lipinski definition) is 4. The molecule has 0 fully saturated rings. The maximum absolute atomic E-state index is 5.73. The van der Waals surface area contributed by atoms with Crippen LogP contribution in [0, 0.1) is 6.92 Å². The highest BCUT2D eigenvalue weighted by atomic mass is 16.3. The van der Waals surface area contributed by atoms with E-state index < -0.39 is 0 Å². The predicted molar refractivity (Wildman–Crippen MR) is 50.3 cm³/mol. The van der Waals surface area contributed by atoms with Crippen molar-refractivity contribution in [3.63, 3.8) is 0 Å². The van der Waals surface area contributed by atoms with E-state index in [4.69, 9.17) is 10.2 Å². The Kier molecular flexibility index (Phi) is 1.69. The van der Waals surface area contributed by atoms with Crippen molar-refractivity contribution < 1.29 is 4.42 Å². The van der Waals surface area contributed by atoms with E-state index >= 15 is 0 Å². The van der Waals surface area contributed by atoms with Crippen LogP contribution in [0.5, 0.6) is 0 Å². The van der Waals surface area contributed by atoms with E-state index in [9.17, 15) is 0 Å². The molecule has 0 unspecified atom stereocenters. The fraction of sp³-hybridized carbons (Fsp3) is 0.333. The Labute approximate surface area is 75.8 Å². The third kappa shape index (κ3) is 1.14. The smallest absolute Gasteiger partial charge is 0.231 e. The molecule has 0 bridgehead atoms. The molecule has 0 aliphatic carbocycles. The standard InChI is InChI=1S/C9H11N3O/c1-3-7-8-6(10)4-13-9(8)12-5(2)11-7/h4H,3,10H2,1-2H3. The van der Waals surface area contributed by atoms with Crippen molar-refractivity contribution in [3.05, 3.63) is 17.8 Å². The van der Waals surface area contributed by atoms with Crippen LogP contribution >= 0.6 is 0 Å². The maximum Gasteiger partial charge on any atom is 0.231 e. The van der Waals surface area contributed by atoms with Gasteiger partial charge in [-0.1, -0.05) is 6.92 Å². The van der Waals surface area contributed by atoms with Crippen molar-refractivity contribution in [2.24, 2.45) is 0 Å². The number of fused-ring (bicyclic) bond motifs is 1. The quantitative estimate of drug-likeness (QED) is 0.719. The molecular formula is C9H11N3O. The molecular weight excluding hydrogens is 166 g/mol. The minimum atomic E-state index is 0.585. The number of furan rings is 1. The molecule has 2 N–H and O–H groups in total. The zero-order valence-corrected chi connectivity index (χ0v) is 7.66. The minimum Gasteiger partial charge on any atom is -0.444 e. The summed E-state index contributed by atoms with van der Waals surface area (Å²) in [7, 11) is 0. The summed E-state index contributed by atoms with van der Waals surface area (Å²) < 4.78 is 5.20. The first kappa shape index (κ1) is 8.04. The van der Waals surface area contributed by atoms with Crippen LogP contribution in [0.25, 0.3) is 11.1 Å². The van der Waals surface area contributed by atoms with Gasteiger partial charge in [0.2, 0.25) is 5.71 Å². The highest BCUT2D eigenvalue weighted by Crippen LogP contribution is 2.24. The van der Waals surface area contributed by atoms with Gasteiger partial charge in [-0.3, -0.25) is 0 Å². The molecule has 0 spiro atoms. The summed E-state index contributed by atoms with van der Waals surface area (Å²) >= 11 is 0. The monoisotopic (exact) mass is 177 g/mol. The predicted octanol–water partition coefficient (Wildman–Crippen LogP) is 1.68. The number of aryl methyl sites for hydroxylation is 2. The lowest BCUT2D eigenvalue weighted by Crippen LogP contribution is -1.96. The van der Waals surface area contributed by atoms with Gasteiger partial charge < -0.3 is 10.2 Å². The number of hydrogen-bond donors (Lipinski definition) is 1. The van der Waals surface area contributed by atoms with Crippen LogP contribution in [-0.4, -0.2) is 9.97 Å². The highest BCUT2D eigenvalue weighted by molar-refractivity contribution is 5.88. The van der Waals surface area contributed by atoms with E-state index in [0.717, 1.165) is 23.3 Å². The fourth-order valence-electron chi connectivity index (χ4n) is 1.41. The second-order valence-electron chi connectivity index (χ2n) is 2.94. The number of nitrogens with two attached hydrogens (primary N) is 1. The third-order valence-corrected chi connectivity index (χ3v) is 1.98. The first-order valence-electron chi connectivity index (χ1n) is 4.22. The number of aromatic nitrogens is 2. The molecule has 2 heterocycles. The molecule has 0 atom stereocenters. The van der Waals surface area contributed by atoms with Gasteiger partial charge in [-0.2, -0.15) is 4.98 Å². The van der Waals surface area contributed by atoms with Gasteiger partial charge in [0.15, 0.2) is 0 Å². The summed E-state index contributed by atoms with van der Waals surface area (Å²) in [5.41, 5.74) is 7.88. The maximum atomic E-state index is 5.73. The average Bonchev–Trinajstić information content (AvgIpc) is 2.46. The Morgan fingerprint density at radius 3 is 2.92 bits per heavy atom. The van der Waals surface area contributed by atoms with Crippen molar-refractivity contribution in [3.8, 4) is 0 Å². The zero-order valence-electron chi connectivity index (χ0n) is 7.66. The molecule has 0 aliphatic heterocycles. The lowest BCUT2D eigenvalue weighted by atomic mass is 10.2. The topological polar surface area (TPSA) is 64.9 Å². The number of anilines is 1. The van der Waals surface area contributed by atoms with E-state index in [2.05, 4.69) is 9.97 Å². The van der Waals surface area contributed by atoms with Gasteiger partial charge in [0, 0.05) is 0 Å². The van der Waals surface area contributed by atoms with Crippen molar-refractivity contribution >= 4 is 16.8 Å². The molecule has 2 rings (SSSR count). The van der Waals surface area contributed by atoms with Gasteiger partial charge in [0.05, 0.1) is 16.8 Å². The van der Waals surface area contributed by atoms with Crippen LogP contribution in [-0.2, 0) is 6.42 Å². The number of nitrogen functional groups attached to an aromatic ring is 1. The molecule has 0 aromatic carbocycles. The second kappa shape index (κ2) is 2.73. The van der Waals surface area contributed by atoms with Crippen LogP contribution < -0.4 is 5.73 Å². The number of rotatable bonds is 1. The highest BCUT2D eigenvalue weighted by Gasteiger charge is 2.10. The lowest BCUT2D eigenvalue weighted by molar-refractivity contribution is 0.601. The zero-order chi connectivity index (χ0) is 9.42. The van der Waals surface area contributed by atoms with Crippen molar-refractivity contribution in [2.75, 3.05) is 5.73 Å². The van der Waals surface area contributed by atoms with E-state index in [-0.39, 0.29) is 0 Å². The van der Waals surface area contributed by atoms with E-state index in [0.29, 0.717) is 11.4 Å². The molecule has 4 heteroatoms. The average molecular weight is 177 g/mol. The Hall–Kier alpha value is -1.58. The Balaban J connectivity index is 2.85. The first-order valence-corrected chi connectivity index (χ1v) is 4.22. The summed E-state index contributed by atoms with van der Waals surface area (Å²) in [6, 6.07) is 0. The van der Waals surface area contributed by atoms with E-state index in [1.165, 1.54) is 6.26 Å². The van der Waals surface area contributed by atoms with Crippen molar-refractivity contribution in [1.82, 2.24) is 9.97 Å². The van der Waals surface area contributed by atoms with Crippen LogP contribution in [0.15, 0.2) is 10.7 Å². The molecule has 0 amide bonds. The number of nitrogens with zero attached hydrogens (tertiary/aromatic N) is 2.